The number of carbonyl (C=O) groups excluding carboxylic acids is 3. The third-order valence-corrected chi connectivity index (χ3v) is 5.77. The minimum atomic E-state index is -1.45. The molecule has 1 aromatic rings. The van der Waals surface area contributed by atoms with Crippen molar-refractivity contribution in [3.8, 4) is 0 Å². The lowest BCUT2D eigenvalue weighted by Crippen LogP contribution is -2.53. The van der Waals surface area contributed by atoms with Crippen LogP contribution < -0.4 is 16.0 Å². The molecule has 1 aliphatic heterocycles. The van der Waals surface area contributed by atoms with Gasteiger partial charge in [-0.15, -0.1) is 11.8 Å². The molecule has 0 saturated carbocycles. The number of thioether (sulfide) groups is 1. The van der Waals surface area contributed by atoms with Crippen LogP contribution in [0.5, 0.6) is 0 Å². The van der Waals surface area contributed by atoms with Crippen LogP contribution in [0.2, 0.25) is 0 Å². The number of benzene rings is 1. The number of hydrogen-bond donors (Lipinski definition) is 2. The van der Waals surface area contributed by atoms with Crippen molar-refractivity contribution in [3.05, 3.63) is 29.8 Å². The predicted octanol–water partition coefficient (Wildman–Crippen LogP) is 2.74. The van der Waals surface area contributed by atoms with Gasteiger partial charge >= 0.3 is 12.1 Å². The number of fused-ring (bicyclic) bond motifs is 1. The van der Waals surface area contributed by atoms with Crippen LogP contribution in [-0.2, 0) is 23.9 Å². The van der Waals surface area contributed by atoms with Gasteiger partial charge in [-0.3, -0.25) is 14.9 Å². The molecule has 2 atom stereocenters. The van der Waals surface area contributed by atoms with Gasteiger partial charge in [0.1, 0.15) is 11.6 Å². The van der Waals surface area contributed by atoms with Gasteiger partial charge < -0.3 is 20.1 Å². The van der Waals surface area contributed by atoms with Crippen molar-refractivity contribution in [2.45, 2.75) is 57.6 Å². The molecule has 8 nitrogen and oxygen atoms in total. The number of nitrogens with one attached hydrogen (secondary N) is 1. The zero-order valence-corrected chi connectivity index (χ0v) is 19.0. The number of ether oxygens (including phenoxy) is 2. The smallest absolute Gasteiger partial charge is 0.409 e. The fraction of sp³-hybridized carbons (Fsp3) is 0.571. The van der Waals surface area contributed by atoms with Crippen LogP contribution >= 0.6 is 11.8 Å². The first-order valence-electron chi connectivity index (χ1n) is 10.0. The molecule has 1 aliphatic rings. The molecule has 1 aromatic carbocycles. The number of carbonyl (C=O) groups is 3. The third-order valence-electron chi connectivity index (χ3n) is 4.31. The summed E-state index contributed by atoms with van der Waals surface area (Å²) in [5, 5.41) is 2.77. The first-order chi connectivity index (χ1) is 14.1. The van der Waals surface area contributed by atoms with Crippen LogP contribution in [0.3, 0.4) is 0 Å². The van der Waals surface area contributed by atoms with E-state index in [1.165, 1.54) is 0 Å². The van der Waals surface area contributed by atoms with Crippen molar-refractivity contribution in [1.82, 2.24) is 5.32 Å². The molecule has 2 amide bonds. The van der Waals surface area contributed by atoms with Crippen LogP contribution in [0, 0.1) is 0 Å². The van der Waals surface area contributed by atoms with Gasteiger partial charge in [0, 0.05) is 17.9 Å². The zero-order valence-electron chi connectivity index (χ0n) is 18.2. The summed E-state index contributed by atoms with van der Waals surface area (Å²) in [6.45, 7) is 9.62. The standard InChI is InChI=1S/C21H31N3O5S/c1-6-12-24-16-11-9-8-10-14(16)21(18(24)26,23-19(27)29-20(3,4)5)30-13-15(22)17(25)28-7-2/h8-11,15H,6-7,12-13,22H2,1-5H3,(H,23,27)/t15-,21?/m1/s1. The quantitative estimate of drug-likeness (QED) is 0.475. The molecule has 166 valence electrons. The Balaban J connectivity index is 2.42. The average molecular weight is 438 g/mol. The van der Waals surface area contributed by atoms with Gasteiger partial charge in [0.2, 0.25) is 0 Å². The van der Waals surface area contributed by atoms with E-state index in [1.54, 1.807) is 44.7 Å². The van der Waals surface area contributed by atoms with E-state index in [4.69, 9.17) is 15.2 Å². The molecule has 0 aliphatic carbocycles. The molecule has 9 heteroatoms. The van der Waals surface area contributed by atoms with Crippen LogP contribution in [0.1, 0.15) is 46.6 Å². The fourth-order valence-corrected chi connectivity index (χ4v) is 4.43. The van der Waals surface area contributed by atoms with Crippen molar-refractivity contribution in [1.29, 1.82) is 0 Å². The molecule has 1 unspecified atom stereocenters. The Bertz CT molecular complexity index is 795. The summed E-state index contributed by atoms with van der Waals surface area (Å²) >= 11 is 1.10. The van der Waals surface area contributed by atoms with Gasteiger partial charge in [0.25, 0.3) is 5.91 Å². The number of esters is 1. The third kappa shape index (κ3) is 5.26. The molecule has 1 heterocycles. The molecule has 0 saturated heterocycles. The second kappa shape index (κ2) is 9.70. The van der Waals surface area contributed by atoms with E-state index in [-0.39, 0.29) is 18.3 Å². The summed E-state index contributed by atoms with van der Waals surface area (Å²) < 4.78 is 10.4. The van der Waals surface area contributed by atoms with E-state index in [1.807, 2.05) is 19.1 Å². The number of nitrogens with zero attached hydrogens (tertiary/aromatic N) is 1. The van der Waals surface area contributed by atoms with Crippen molar-refractivity contribution in [2.75, 3.05) is 23.8 Å². The summed E-state index contributed by atoms with van der Waals surface area (Å²) in [6.07, 6.45) is 0.0245. The van der Waals surface area contributed by atoms with Gasteiger partial charge in [-0.2, -0.15) is 0 Å². The SMILES string of the molecule is CCCN1C(=O)C(NC(=O)OC(C)(C)C)(SC[C@@H](N)C(=O)OCC)c2ccccc21. The Hall–Kier alpha value is -2.26. The van der Waals surface area contributed by atoms with Crippen molar-refractivity contribution in [3.63, 3.8) is 0 Å². The summed E-state index contributed by atoms with van der Waals surface area (Å²) in [7, 11) is 0. The number of hydrogen-bond acceptors (Lipinski definition) is 7. The molecule has 2 rings (SSSR count). The lowest BCUT2D eigenvalue weighted by atomic mass is 10.1. The second-order valence-electron chi connectivity index (χ2n) is 7.95. The zero-order chi connectivity index (χ0) is 22.5. The molecular formula is C21H31N3O5S. The number of nitrogens with two attached hydrogens (primary N) is 1. The number of rotatable bonds is 8. The lowest BCUT2D eigenvalue weighted by Gasteiger charge is -2.31. The Morgan fingerprint density at radius 2 is 1.93 bits per heavy atom. The molecule has 0 bridgehead atoms. The Labute approximate surface area is 181 Å². The Morgan fingerprint density at radius 3 is 2.53 bits per heavy atom. The van der Waals surface area contributed by atoms with E-state index >= 15 is 0 Å². The summed E-state index contributed by atoms with van der Waals surface area (Å²) in [4.78, 5) is 38.4. The van der Waals surface area contributed by atoms with Crippen molar-refractivity contribution >= 4 is 35.4 Å². The largest absolute Gasteiger partial charge is 0.465 e. The normalized spacial score (nSPS) is 19.3. The minimum Gasteiger partial charge on any atom is -0.465 e. The van der Waals surface area contributed by atoms with Crippen LogP contribution in [0.25, 0.3) is 0 Å². The minimum absolute atomic E-state index is 0.0780. The van der Waals surface area contributed by atoms with Gasteiger partial charge in [-0.25, -0.2) is 4.79 Å². The second-order valence-corrected chi connectivity index (χ2v) is 9.19. The van der Waals surface area contributed by atoms with Crippen LogP contribution in [0.4, 0.5) is 10.5 Å². The van der Waals surface area contributed by atoms with Gasteiger partial charge in [0.15, 0.2) is 4.87 Å². The van der Waals surface area contributed by atoms with Gasteiger partial charge in [0.05, 0.1) is 12.3 Å². The molecule has 0 radical (unpaired) electrons. The van der Waals surface area contributed by atoms with E-state index in [0.29, 0.717) is 12.1 Å². The molecule has 3 N–H and O–H groups in total. The highest BCUT2D eigenvalue weighted by atomic mass is 32.2. The summed E-state index contributed by atoms with van der Waals surface area (Å²) in [6, 6.07) is 6.34. The summed E-state index contributed by atoms with van der Waals surface area (Å²) in [5.74, 6) is -0.770. The van der Waals surface area contributed by atoms with Gasteiger partial charge in [-0.05, 0) is 40.2 Å². The number of amides is 2. The first kappa shape index (κ1) is 24.0. The van der Waals surface area contributed by atoms with Crippen LogP contribution in [0.15, 0.2) is 24.3 Å². The maximum atomic E-state index is 13.6. The number of anilines is 1. The first-order valence-corrected chi connectivity index (χ1v) is 11.0. The van der Waals surface area contributed by atoms with E-state index < -0.39 is 28.6 Å². The van der Waals surface area contributed by atoms with E-state index in [0.717, 1.165) is 23.9 Å². The maximum absolute atomic E-state index is 13.6. The van der Waals surface area contributed by atoms with Gasteiger partial charge in [-0.1, -0.05) is 25.1 Å². The summed E-state index contributed by atoms with van der Waals surface area (Å²) in [5.41, 5.74) is 6.59. The van der Waals surface area contributed by atoms with E-state index in [2.05, 4.69) is 5.32 Å². The molecule has 0 aromatic heterocycles. The highest BCUT2D eigenvalue weighted by Gasteiger charge is 2.53. The predicted molar refractivity (Wildman–Crippen MR) is 117 cm³/mol. The topological polar surface area (TPSA) is 111 Å². The fourth-order valence-electron chi connectivity index (χ4n) is 3.14. The highest BCUT2D eigenvalue weighted by molar-refractivity contribution is 8.01. The highest BCUT2D eigenvalue weighted by Crippen LogP contribution is 2.47. The average Bonchev–Trinajstić information content (AvgIpc) is 2.88. The van der Waals surface area contributed by atoms with E-state index in [9.17, 15) is 14.4 Å². The lowest BCUT2D eigenvalue weighted by molar-refractivity contribution is -0.144. The molecule has 0 fully saturated rings. The molecule has 0 spiro atoms. The van der Waals surface area contributed by atoms with Crippen molar-refractivity contribution < 1.29 is 23.9 Å². The van der Waals surface area contributed by atoms with Crippen molar-refractivity contribution in [2.24, 2.45) is 5.73 Å². The van der Waals surface area contributed by atoms with Crippen LogP contribution in [-0.4, -0.2) is 48.5 Å². The number of alkyl carbamates (subject to hydrolysis) is 1. The maximum Gasteiger partial charge on any atom is 0.409 e. The Morgan fingerprint density at radius 1 is 1.27 bits per heavy atom. The molecule has 30 heavy (non-hydrogen) atoms. The molecular weight excluding hydrogens is 406 g/mol. The monoisotopic (exact) mass is 437 g/mol. The Kier molecular flexibility index (Phi) is 7.76. The number of para-hydroxylation sites is 1.